The Balaban J connectivity index is 1.57. The third-order valence-corrected chi connectivity index (χ3v) is 7.66. The smallest absolute Gasteiger partial charge is 0.264 e. The van der Waals surface area contributed by atoms with Gasteiger partial charge in [-0.15, -0.1) is 0 Å². The summed E-state index contributed by atoms with van der Waals surface area (Å²) in [7, 11) is -4.04. The zero-order valence-electron chi connectivity index (χ0n) is 19.5. The number of hydrogen-bond donors (Lipinski definition) is 1. The van der Waals surface area contributed by atoms with E-state index in [9.17, 15) is 13.2 Å². The second kappa shape index (κ2) is 11.4. The fraction of sp³-hybridized carbons (Fsp3) is 0.111. The summed E-state index contributed by atoms with van der Waals surface area (Å²) >= 11 is 3.32. The molecule has 4 aromatic rings. The molecule has 0 heterocycles. The number of hydrogen-bond acceptors (Lipinski definition) is 5. The van der Waals surface area contributed by atoms with E-state index in [1.807, 2.05) is 49.4 Å². The molecule has 0 radical (unpaired) electrons. The van der Waals surface area contributed by atoms with Gasteiger partial charge in [0.05, 0.1) is 23.4 Å². The fourth-order valence-electron chi connectivity index (χ4n) is 3.63. The number of nitrogens with zero attached hydrogens (tertiary/aromatic N) is 2. The minimum absolute atomic E-state index is 0.0617. The van der Waals surface area contributed by atoms with Crippen molar-refractivity contribution in [2.45, 2.75) is 11.8 Å². The number of nitrogens with one attached hydrogen (secondary N) is 1. The van der Waals surface area contributed by atoms with Gasteiger partial charge in [-0.1, -0.05) is 58.4 Å². The first-order valence-electron chi connectivity index (χ1n) is 11.2. The van der Waals surface area contributed by atoms with Gasteiger partial charge in [-0.2, -0.15) is 5.10 Å². The number of ether oxygens (including phenoxy) is 1. The largest absolute Gasteiger partial charge is 0.494 e. The Labute approximate surface area is 218 Å². The summed E-state index contributed by atoms with van der Waals surface area (Å²) in [6.07, 6.45) is 1.55. The lowest BCUT2D eigenvalue weighted by Crippen LogP contribution is -2.39. The lowest BCUT2D eigenvalue weighted by Gasteiger charge is -2.24. The molecule has 0 unspecified atom stereocenters. The van der Waals surface area contributed by atoms with Crippen molar-refractivity contribution in [3.8, 4) is 5.75 Å². The van der Waals surface area contributed by atoms with Gasteiger partial charge in [-0.25, -0.2) is 13.8 Å². The first-order valence-corrected chi connectivity index (χ1v) is 13.4. The van der Waals surface area contributed by atoms with Gasteiger partial charge in [-0.05, 0) is 66.2 Å². The van der Waals surface area contributed by atoms with Crippen molar-refractivity contribution in [1.82, 2.24) is 5.43 Å². The number of hydrazone groups is 1. The van der Waals surface area contributed by atoms with Crippen LogP contribution in [0.2, 0.25) is 0 Å². The molecule has 4 rings (SSSR count). The third kappa shape index (κ3) is 5.92. The maximum atomic E-state index is 13.5. The number of sulfonamides is 1. The number of carbonyl (C=O) groups is 1. The van der Waals surface area contributed by atoms with Crippen LogP contribution < -0.4 is 14.5 Å². The zero-order valence-corrected chi connectivity index (χ0v) is 21.9. The molecular formula is C27H24BrN3O4S. The summed E-state index contributed by atoms with van der Waals surface area (Å²) in [4.78, 5) is 12.9. The van der Waals surface area contributed by atoms with Gasteiger partial charge in [0.2, 0.25) is 0 Å². The highest BCUT2D eigenvalue weighted by Gasteiger charge is 2.27. The Bertz CT molecular complexity index is 1480. The second-order valence-electron chi connectivity index (χ2n) is 7.75. The van der Waals surface area contributed by atoms with E-state index in [1.54, 1.807) is 42.6 Å². The zero-order chi connectivity index (χ0) is 25.5. The standard InChI is InChI=1S/C27H24BrN3O4S/c1-2-35-24-14-12-23(13-15-24)31(36(33,34)25-16-10-22(28)11-17-25)19-27(32)30-29-18-21-8-5-7-20-6-3-4-9-26(20)21/h3-18H,2,19H2,1H3,(H,30,32)/b29-18-. The molecule has 1 amide bonds. The maximum absolute atomic E-state index is 13.5. The van der Waals surface area contributed by atoms with E-state index >= 15 is 0 Å². The number of rotatable bonds is 9. The molecular weight excluding hydrogens is 542 g/mol. The van der Waals surface area contributed by atoms with Crippen molar-refractivity contribution in [2.75, 3.05) is 17.5 Å². The molecule has 0 bridgehead atoms. The fourth-order valence-corrected chi connectivity index (χ4v) is 5.31. The van der Waals surface area contributed by atoms with Crippen LogP contribution in [0.3, 0.4) is 0 Å². The monoisotopic (exact) mass is 565 g/mol. The van der Waals surface area contributed by atoms with E-state index in [4.69, 9.17) is 4.74 Å². The molecule has 0 aliphatic heterocycles. The van der Waals surface area contributed by atoms with Gasteiger partial charge in [-0.3, -0.25) is 9.10 Å². The first-order chi connectivity index (χ1) is 17.4. The molecule has 1 N–H and O–H groups in total. The average molecular weight is 566 g/mol. The van der Waals surface area contributed by atoms with Crippen LogP contribution in [0.4, 0.5) is 5.69 Å². The SMILES string of the molecule is CCOc1ccc(N(CC(=O)N/N=C\c2cccc3ccccc23)S(=O)(=O)c2ccc(Br)cc2)cc1. The highest BCUT2D eigenvalue weighted by Crippen LogP contribution is 2.26. The van der Waals surface area contributed by atoms with Crippen LogP contribution in [0, 0.1) is 0 Å². The Hall–Kier alpha value is -3.69. The van der Waals surface area contributed by atoms with Crippen LogP contribution in [0.5, 0.6) is 5.75 Å². The average Bonchev–Trinajstić information content (AvgIpc) is 2.88. The number of fused-ring (bicyclic) bond motifs is 1. The van der Waals surface area contributed by atoms with Crippen LogP contribution in [-0.2, 0) is 14.8 Å². The maximum Gasteiger partial charge on any atom is 0.264 e. The first kappa shape index (κ1) is 25.4. The lowest BCUT2D eigenvalue weighted by atomic mass is 10.1. The Morgan fingerprint density at radius 1 is 0.972 bits per heavy atom. The van der Waals surface area contributed by atoms with Gasteiger partial charge in [0.1, 0.15) is 12.3 Å². The quantitative estimate of drug-likeness (QED) is 0.219. The van der Waals surface area contributed by atoms with Gasteiger partial charge < -0.3 is 4.74 Å². The Morgan fingerprint density at radius 2 is 1.67 bits per heavy atom. The van der Waals surface area contributed by atoms with Crippen molar-refractivity contribution >= 4 is 54.5 Å². The predicted octanol–water partition coefficient (Wildman–Crippen LogP) is 5.35. The highest BCUT2D eigenvalue weighted by molar-refractivity contribution is 9.10. The van der Waals surface area contributed by atoms with Crippen molar-refractivity contribution in [2.24, 2.45) is 5.10 Å². The minimum Gasteiger partial charge on any atom is -0.494 e. The van der Waals surface area contributed by atoms with E-state index in [0.717, 1.165) is 25.1 Å². The van der Waals surface area contributed by atoms with E-state index < -0.39 is 22.5 Å². The van der Waals surface area contributed by atoms with Gasteiger partial charge in [0.15, 0.2) is 0 Å². The van der Waals surface area contributed by atoms with Crippen molar-refractivity contribution in [3.63, 3.8) is 0 Å². The molecule has 0 spiro atoms. The Kier molecular flexibility index (Phi) is 8.02. The summed E-state index contributed by atoms with van der Waals surface area (Å²) in [5, 5.41) is 6.11. The molecule has 0 saturated heterocycles. The van der Waals surface area contributed by atoms with Crippen molar-refractivity contribution < 1.29 is 17.9 Å². The topological polar surface area (TPSA) is 88.1 Å². The minimum atomic E-state index is -4.04. The molecule has 0 saturated carbocycles. The normalized spacial score (nSPS) is 11.5. The Morgan fingerprint density at radius 3 is 2.39 bits per heavy atom. The summed E-state index contributed by atoms with van der Waals surface area (Å²) in [5.74, 6) is 0.0208. The molecule has 184 valence electrons. The number of benzene rings is 4. The number of anilines is 1. The molecule has 0 aromatic heterocycles. The van der Waals surface area contributed by atoms with Crippen LogP contribution in [0.1, 0.15) is 12.5 Å². The number of halogens is 1. The summed E-state index contributed by atoms with van der Waals surface area (Å²) in [5.41, 5.74) is 3.61. The third-order valence-electron chi connectivity index (χ3n) is 5.34. The molecule has 0 fully saturated rings. The molecule has 4 aromatic carbocycles. The van der Waals surface area contributed by atoms with Crippen LogP contribution >= 0.6 is 15.9 Å². The molecule has 0 aliphatic carbocycles. The molecule has 0 atom stereocenters. The van der Waals surface area contributed by atoms with Gasteiger partial charge >= 0.3 is 0 Å². The molecule has 0 aliphatic rings. The van der Waals surface area contributed by atoms with E-state index in [1.165, 1.54) is 12.1 Å². The van der Waals surface area contributed by atoms with E-state index in [0.29, 0.717) is 18.0 Å². The molecule has 7 nitrogen and oxygen atoms in total. The summed E-state index contributed by atoms with van der Waals surface area (Å²) in [6.45, 7) is 1.89. The number of amides is 1. The van der Waals surface area contributed by atoms with E-state index in [-0.39, 0.29) is 4.90 Å². The van der Waals surface area contributed by atoms with Gasteiger partial charge in [0.25, 0.3) is 15.9 Å². The van der Waals surface area contributed by atoms with Crippen LogP contribution in [0.15, 0.2) is 105 Å². The van der Waals surface area contributed by atoms with Crippen LogP contribution in [0.25, 0.3) is 10.8 Å². The molecule has 9 heteroatoms. The highest BCUT2D eigenvalue weighted by atomic mass is 79.9. The summed E-state index contributed by atoms with van der Waals surface area (Å²) < 4.78 is 34.2. The predicted molar refractivity (Wildman–Crippen MR) is 146 cm³/mol. The second-order valence-corrected chi connectivity index (χ2v) is 10.5. The molecule has 36 heavy (non-hydrogen) atoms. The summed E-state index contributed by atoms with van der Waals surface area (Å²) in [6, 6.07) is 26.4. The number of carbonyl (C=O) groups excluding carboxylic acids is 1. The van der Waals surface area contributed by atoms with Crippen LogP contribution in [-0.4, -0.2) is 33.7 Å². The van der Waals surface area contributed by atoms with Crippen molar-refractivity contribution in [1.29, 1.82) is 0 Å². The van der Waals surface area contributed by atoms with E-state index in [2.05, 4.69) is 26.5 Å². The lowest BCUT2D eigenvalue weighted by molar-refractivity contribution is -0.119. The van der Waals surface area contributed by atoms with Crippen molar-refractivity contribution in [3.05, 3.63) is 101 Å². The van der Waals surface area contributed by atoms with Gasteiger partial charge in [0, 0.05) is 10.0 Å².